The van der Waals surface area contributed by atoms with E-state index in [1.807, 2.05) is 12.1 Å². The Morgan fingerprint density at radius 2 is 1.74 bits per heavy atom. The van der Waals surface area contributed by atoms with Crippen molar-refractivity contribution < 1.29 is 28.5 Å². The van der Waals surface area contributed by atoms with E-state index in [1.54, 1.807) is 57.4 Å². The van der Waals surface area contributed by atoms with Gasteiger partial charge in [-0.2, -0.15) is 0 Å². The fourth-order valence-electron chi connectivity index (χ4n) is 4.31. The third-order valence-electron chi connectivity index (χ3n) is 6.11. The van der Waals surface area contributed by atoms with Crippen molar-refractivity contribution in [2.45, 2.75) is 19.9 Å². The summed E-state index contributed by atoms with van der Waals surface area (Å²) in [5.41, 5.74) is 1.76. The number of thiazole rings is 1. The lowest BCUT2D eigenvalue weighted by atomic mass is 9.96. The van der Waals surface area contributed by atoms with Gasteiger partial charge in [0.1, 0.15) is 29.6 Å². The second-order valence-corrected chi connectivity index (χ2v) is 9.43. The number of rotatable bonds is 10. The fourth-order valence-corrected chi connectivity index (χ4v) is 5.34. The van der Waals surface area contributed by atoms with Gasteiger partial charge < -0.3 is 23.7 Å². The van der Waals surface area contributed by atoms with Gasteiger partial charge in [-0.1, -0.05) is 36.1 Å². The fraction of sp³-hybridized carbons (Fsp3) is 0.276. The maximum Gasteiger partial charge on any atom is 0.338 e. The van der Waals surface area contributed by atoms with E-state index in [0.717, 1.165) is 0 Å². The molecule has 10 heteroatoms. The van der Waals surface area contributed by atoms with Crippen LogP contribution < -0.4 is 33.8 Å². The molecule has 0 aliphatic carbocycles. The van der Waals surface area contributed by atoms with Gasteiger partial charge in [-0.3, -0.25) is 9.36 Å². The number of fused-ring (bicyclic) bond motifs is 1. The first-order valence-electron chi connectivity index (χ1n) is 12.2. The van der Waals surface area contributed by atoms with Crippen LogP contribution in [-0.4, -0.2) is 45.1 Å². The van der Waals surface area contributed by atoms with E-state index >= 15 is 0 Å². The number of carbonyl (C=O) groups excluding carboxylic acids is 1. The van der Waals surface area contributed by atoms with Crippen LogP contribution in [0, 0.1) is 0 Å². The molecule has 1 aliphatic rings. The zero-order valence-corrected chi connectivity index (χ0v) is 23.3. The number of hydrogen-bond donors (Lipinski definition) is 0. The van der Waals surface area contributed by atoms with Crippen molar-refractivity contribution in [3.8, 4) is 23.0 Å². The molecule has 1 atom stereocenters. The minimum atomic E-state index is -0.740. The van der Waals surface area contributed by atoms with Crippen LogP contribution in [-0.2, 0) is 9.53 Å². The number of carbonyl (C=O) groups is 1. The second-order valence-electron chi connectivity index (χ2n) is 8.42. The second kappa shape index (κ2) is 12.0. The van der Waals surface area contributed by atoms with Crippen LogP contribution in [0.2, 0.25) is 0 Å². The van der Waals surface area contributed by atoms with Gasteiger partial charge in [-0.15, -0.1) is 0 Å². The van der Waals surface area contributed by atoms with Gasteiger partial charge in [0.15, 0.2) is 4.80 Å². The Kier molecular flexibility index (Phi) is 8.55. The first kappa shape index (κ1) is 27.7. The van der Waals surface area contributed by atoms with Crippen molar-refractivity contribution in [1.29, 1.82) is 0 Å². The van der Waals surface area contributed by atoms with Crippen molar-refractivity contribution in [3.05, 3.63) is 91.1 Å². The van der Waals surface area contributed by atoms with Gasteiger partial charge in [-0.05, 0) is 37.6 Å². The average molecular weight is 551 g/mol. The van der Waals surface area contributed by atoms with Crippen LogP contribution in [0.25, 0.3) is 6.08 Å². The molecule has 0 amide bonds. The molecule has 39 heavy (non-hydrogen) atoms. The summed E-state index contributed by atoms with van der Waals surface area (Å²) in [5, 5.41) is 0. The van der Waals surface area contributed by atoms with E-state index in [9.17, 15) is 9.59 Å². The number of hydrogen-bond acceptors (Lipinski definition) is 9. The number of esters is 1. The first-order valence-corrected chi connectivity index (χ1v) is 13.0. The highest BCUT2D eigenvalue weighted by atomic mass is 32.1. The normalized spacial score (nSPS) is 14.8. The minimum absolute atomic E-state index is 0.193. The lowest BCUT2D eigenvalue weighted by molar-refractivity contribution is -0.139. The van der Waals surface area contributed by atoms with E-state index in [1.165, 1.54) is 30.1 Å². The Morgan fingerprint density at radius 3 is 2.31 bits per heavy atom. The number of allylic oxidation sites excluding steroid dienone is 1. The van der Waals surface area contributed by atoms with Gasteiger partial charge in [0.25, 0.3) is 5.56 Å². The van der Waals surface area contributed by atoms with Gasteiger partial charge in [0, 0.05) is 12.1 Å². The van der Waals surface area contributed by atoms with Crippen LogP contribution in [0.4, 0.5) is 0 Å². The third kappa shape index (κ3) is 5.46. The summed E-state index contributed by atoms with van der Waals surface area (Å²) in [6.07, 6.45) is 3.36. The van der Waals surface area contributed by atoms with Crippen molar-refractivity contribution in [3.63, 3.8) is 0 Å². The molecule has 2 aromatic carbocycles. The molecule has 0 radical (unpaired) electrons. The highest BCUT2D eigenvalue weighted by molar-refractivity contribution is 7.07. The average Bonchev–Trinajstić information content (AvgIpc) is 3.25. The van der Waals surface area contributed by atoms with E-state index in [4.69, 9.17) is 23.7 Å². The number of benzene rings is 2. The van der Waals surface area contributed by atoms with Gasteiger partial charge in [0.05, 0.1) is 55.3 Å². The summed E-state index contributed by atoms with van der Waals surface area (Å²) < 4.78 is 29.4. The predicted molar refractivity (Wildman–Crippen MR) is 149 cm³/mol. The highest BCUT2D eigenvalue weighted by Crippen LogP contribution is 2.35. The molecular weight excluding hydrogens is 520 g/mol. The minimum Gasteiger partial charge on any atom is -0.496 e. The molecule has 9 nitrogen and oxygen atoms in total. The van der Waals surface area contributed by atoms with E-state index in [2.05, 4.69) is 11.6 Å². The molecule has 0 fully saturated rings. The number of methoxy groups -OCH3 is 3. The Morgan fingerprint density at radius 1 is 1.08 bits per heavy atom. The standard InChI is InChI=1S/C29H30N2O7S/c1-7-13-38-19-11-9-18(10-12-19)26-25(28(33)37-8-2)17(3)30-29-31(26)27(32)24(39-29)16-21-22(35-5)14-20(34-4)15-23(21)36-6/h7,9-12,14-16,26H,1,8,13H2,2-6H3/b24-16+/t26-/m1/s1. The molecule has 0 unspecified atom stereocenters. The topological polar surface area (TPSA) is 97.6 Å². The molecule has 1 aromatic heterocycles. The zero-order valence-electron chi connectivity index (χ0n) is 22.5. The molecular formula is C29H30N2O7S. The van der Waals surface area contributed by atoms with E-state index < -0.39 is 12.0 Å². The lowest BCUT2D eigenvalue weighted by Crippen LogP contribution is -2.39. The number of nitrogens with zero attached hydrogens (tertiary/aromatic N) is 2. The van der Waals surface area contributed by atoms with Crippen LogP contribution in [0.15, 0.2) is 70.1 Å². The summed E-state index contributed by atoms with van der Waals surface area (Å²) in [6, 6.07) is 9.93. The maximum absolute atomic E-state index is 13.9. The highest BCUT2D eigenvalue weighted by Gasteiger charge is 2.33. The van der Waals surface area contributed by atoms with Gasteiger partial charge in [0.2, 0.25) is 0 Å². The van der Waals surface area contributed by atoms with Crippen LogP contribution in [0.3, 0.4) is 0 Å². The molecule has 1 aliphatic heterocycles. The Bertz CT molecular complexity index is 1570. The summed E-state index contributed by atoms with van der Waals surface area (Å²) in [7, 11) is 4.61. The van der Waals surface area contributed by atoms with Crippen molar-refractivity contribution >= 4 is 23.4 Å². The van der Waals surface area contributed by atoms with E-state index in [-0.39, 0.29) is 12.2 Å². The lowest BCUT2D eigenvalue weighted by Gasteiger charge is -2.24. The van der Waals surface area contributed by atoms with Crippen LogP contribution in [0.5, 0.6) is 23.0 Å². The zero-order chi connectivity index (χ0) is 28.1. The summed E-state index contributed by atoms with van der Waals surface area (Å²) >= 11 is 1.21. The maximum atomic E-state index is 13.9. The molecule has 2 heterocycles. The summed E-state index contributed by atoms with van der Waals surface area (Å²) in [4.78, 5) is 32.1. The molecule has 4 rings (SSSR count). The molecule has 0 saturated heterocycles. The largest absolute Gasteiger partial charge is 0.496 e. The smallest absolute Gasteiger partial charge is 0.338 e. The van der Waals surface area contributed by atoms with E-state index in [0.29, 0.717) is 61.3 Å². The summed E-state index contributed by atoms with van der Waals surface area (Å²) in [6.45, 7) is 7.70. The number of ether oxygens (including phenoxy) is 5. The van der Waals surface area contributed by atoms with Crippen LogP contribution >= 0.6 is 11.3 Å². The Hall–Kier alpha value is -4.31. The molecule has 204 valence electrons. The van der Waals surface area contributed by atoms with Crippen LogP contribution in [0.1, 0.15) is 31.0 Å². The molecule has 0 spiro atoms. The Balaban J connectivity index is 1.93. The van der Waals surface area contributed by atoms with Gasteiger partial charge >= 0.3 is 5.97 Å². The predicted octanol–water partition coefficient (Wildman–Crippen LogP) is 3.39. The van der Waals surface area contributed by atoms with Crippen molar-refractivity contribution in [2.24, 2.45) is 4.99 Å². The van der Waals surface area contributed by atoms with Crippen molar-refractivity contribution in [1.82, 2.24) is 4.57 Å². The van der Waals surface area contributed by atoms with Gasteiger partial charge in [-0.25, -0.2) is 9.79 Å². The molecule has 0 N–H and O–H groups in total. The molecule has 0 saturated carbocycles. The third-order valence-corrected chi connectivity index (χ3v) is 7.09. The number of aromatic nitrogens is 1. The quantitative estimate of drug-likeness (QED) is 0.282. The monoisotopic (exact) mass is 550 g/mol. The Labute approximate surface area is 229 Å². The summed E-state index contributed by atoms with van der Waals surface area (Å²) in [5.74, 6) is 1.63. The first-order chi connectivity index (χ1) is 18.9. The molecule has 3 aromatic rings. The SMILES string of the molecule is C=CCOc1ccc([C@@H]2C(C(=O)OCC)=C(C)N=c3s/c(=C/c4c(OC)cc(OC)cc4OC)c(=O)n32)cc1. The molecule has 0 bridgehead atoms. The van der Waals surface area contributed by atoms with Crippen molar-refractivity contribution in [2.75, 3.05) is 34.5 Å².